The normalized spacial score (nSPS) is 9.57. The van der Waals surface area contributed by atoms with E-state index >= 15 is 0 Å². The summed E-state index contributed by atoms with van der Waals surface area (Å²) >= 11 is 3.27. The number of ether oxygens (including phenoxy) is 1. The molecule has 0 unspecified atom stereocenters. The van der Waals surface area contributed by atoms with Gasteiger partial charge in [-0.2, -0.15) is 0 Å². The van der Waals surface area contributed by atoms with E-state index in [1.54, 1.807) is 13.2 Å². The lowest BCUT2D eigenvalue weighted by molar-refractivity contribution is 0.417. The molecule has 3 N–H and O–H groups in total. The molecule has 0 atom stereocenters. The molecule has 1 rings (SSSR count). The quantitative estimate of drug-likeness (QED) is 0.815. The Hall–Kier alpha value is -1.16. The number of anilines is 2. The molecule has 4 heteroatoms. The Bertz CT molecular complexity index is 339. The number of nitrogen functional groups attached to an aromatic ring is 1. The lowest BCUT2D eigenvalue weighted by Gasteiger charge is -2.09. The molecule has 1 aromatic carbocycles. The third-order valence-corrected chi connectivity index (χ3v) is 2.00. The van der Waals surface area contributed by atoms with Gasteiger partial charge in [-0.15, -0.1) is 0 Å². The zero-order valence-corrected chi connectivity index (χ0v) is 9.60. The minimum absolute atomic E-state index is 0.635. The first-order valence-electron chi connectivity index (χ1n) is 4.14. The summed E-state index contributed by atoms with van der Waals surface area (Å²) in [5.74, 6) is 0.676. The van der Waals surface area contributed by atoms with Crippen LogP contribution in [0.1, 0.15) is 0 Å². The average Bonchev–Trinajstić information content (AvgIpc) is 2.16. The highest BCUT2D eigenvalue weighted by atomic mass is 79.9. The van der Waals surface area contributed by atoms with E-state index < -0.39 is 0 Å². The Balaban J connectivity index is 2.74. The highest BCUT2D eigenvalue weighted by Gasteiger charge is 2.00. The summed E-state index contributed by atoms with van der Waals surface area (Å²) in [7, 11) is 1.60. The molecule has 0 spiro atoms. The Kier molecular flexibility index (Phi) is 3.83. The van der Waals surface area contributed by atoms with Gasteiger partial charge in [0.1, 0.15) is 5.75 Å². The zero-order chi connectivity index (χ0) is 10.6. The van der Waals surface area contributed by atoms with Crippen molar-refractivity contribution in [3.05, 3.63) is 29.3 Å². The van der Waals surface area contributed by atoms with Crippen molar-refractivity contribution in [3.63, 3.8) is 0 Å². The van der Waals surface area contributed by atoms with Gasteiger partial charge in [0, 0.05) is 22.8 Å². The Labute approximate surface area is 92.1 Å². The summed E-state index contributed by atoms with van der Waals surface area (Å²) in [6.45, 7) is 4.40. The van der Waals surface area contributed by atoms with Crippen molar-refractivity contribution in [1.82, 2.24) is 0 Å². The van der Waals surface area contributed by atoms with Crippen molar-refractivity contribution in [2.75, 3.05) is 24.7 Å². The molecule has 1 aromatic rings. The number of methoxy groups -OCH3 is 1. The van der Waals surface area contributed by atoms with Crippen molar-refractivity contribution in [1.29, 1.82) is 0 Å². The van der Waals surface area contributed by atoms with E-state index in [1.807, 2.05) is 12.1 Å². The second-order valence-corrected chi connectivity index (χ2v) is 3.95. The molecule has 0 bridgehead atoms. The van der Waals surface area contributed by atoms with Gasteiger partial charge >= 0.3 is 0 Å². The summed E-state index contributed by atoms with van der Waals surface area (Å²) in [5, 5.41) is 3.16. The average molecular weight is 257 g/mol. The number of rotatable bonds is 4. The molecule has 0 fully saturated rings. The van der Waals surface area contributed by atoms with Crippen LogP contribution in [0.3, 0.4) is 0 Å². The number of hydrogen-bond acceptors (Lipinski definition) is 3. The smallest absolute Gasteiger partial charge is 0.143 e. The standard InChI is InChI=1S/C10H13BrN2O/c1-7(11)6-13-8-3-4-9(12)10(5-8)14-2/h3-5,13H,1,6,12H2,2H3. The fourth-order valence-electron chi connectivity index (χ4n) is 1.02. The number of hydrogen-bond donors (Lipinski definition) is 2. The molecule has 0 aromatic heterocycles. The predicted octanol–water partition coefficient (Wildman–Crippen LogP) is 2.60. The van der Waals surface area contributed by atoms with Gasteiger partial charge in [-0.05, 0) is 12.1 Å². The van der Waals surface area contributed by atoms with Crippen LogP contribution in [0, 0.1) is 0 Å². The fraction of sp³-hybridized carbons (Fsp3) is 0.200. The molecular formula is C10H13BrN2O. The third-order valence-electron chi connectivity index (χ3n) is 1.72. The number of nitrogens with one attached hydrogen (secondary N) is 1. The fourth-order valence-corrected chi connectivity index (χ4v) is 1.16. The van der Waals surface area contributed by atoms with Crippen LogP contribution in [-0.4, -0.2) is 13.7 Å². The monoisotopic (exact) mass is 256 g/mol. The molecular weight excluding hydrogens is 244 g/mol. The van der Waals surface area contributed by atoms with Crippen LogP contribution < -0.4 is 15.8 Å². The van der Waals surface area contributed by atoms with E-state index in [0.29, 0.717) is 18.0 Å². The number of benzene rings is 1. The Morgan fingerprint density at radius 2 is 2.36 bits per heavy atom. The van der Waals surface area contributed by atoms with Gasteiger partial charge in [0.25, 0.3) is 0 Å². The SMILES string of the molecule is C=C(Br)CNc1ccc(N)c(OC)c1. The zero-order valence-electron chi connectivity index (χ0n) is 8.01. The van der Waals surface area contributed by atoms with Crippen molar-refractivity contribution in [2.45, 2.75) is 0 Å². The van der Waals surface area contributed by atoms with Gasteiger partial charge in [-0.1, -0.05) is 22.5 Å². The molecule has 0 radical (unpaired) electrons. The second kappa shape index (κ2) is 4.91. The van der Waals surface area contributed by atoms with E-state index in [2.05, 4.69) is 27.8 Å². The largest absolute Gasteiger partial charge is 0.495 e. The van der Waals surface area contributed by atoms with E-state index in [4.69, 9.17) is 10.5 Å². The van der Waals surface area contributed by atoms with Crippen LogP contribution in [0.2, 0.25) is 0 Å². The van der Waals surface area contributed by atoms with E-state index in [9.17, 15) is 0 Å². The van der Waals surface area contributed by atoms with Crippen LogP contribution in [-0.2, 0) is 0 Å². The molecule has 0 saturated heterocycles. The van der Waals surface area contributed by atoms with Crippen LogP contribution in [0.4, 0.5) is 11.4 Å². The lowest BCUT2D eigenvalue weighted by atomic mass is 10.2. The van der Waals surface area contributed by atoms with Crippen LogP contribution in [0.15, 0.2) is 29.3 Å². The summed E-state index contributed by atoms with van der Waals surface area (Å²) in [6.07, 6.45) is 0. The van der Waals surface area contributed by atoms with Gasteiger partial charge in [-0.3, -0.25) is 0 Å². The van der Waals surface area contributed by atoms with Crippen molar-refractivity contribution in [3.8, 4) is 5.75 Å². The highest BCUT2D eigenvalue weighted by molar-refractivity contribution is 9.11. The second-order valence-electron chi connectivity index (χ2n) is 2.83. The summed E-state index contributed by atoms with van der Waals surface area (Å²) < 4.78 is 5.99. The van der Waals surface area contributed by atoms with Crippen LogP contribution >= 0.6 is 15.9 Å². The van der Waals surface area contributed by atoms with Crippen molar-refractivity contribution >= 4 is 27.3 Å². The third kappa shape index (κ3) is 2.96. The lowest BCUT2D eigenvalue weighted by Crippen LogP contribution is -2.01. The highest BCUT2D eigenvalue weighted by Crippen LogP contribution is 2.25. The van der Waals surface area contributed by atoms with Gasteiger partial charge < -0.3 is 15.8 Å². The molecule has 3 nitrogen and oxygen atoms in total. The maximum absolute atomic E-state index is 5.68. The van der Waals surface area contributed by atoms with Crippen molar-refractivity contribution in [2.24, 2.45) is 0 Å². The molecule has 0 aliphatic rings. The molecule has 0 amide bonds. The van der Waals surface area contributed by atoms with Gasteiger partial charge in [0.2, 0.25) is 0 Å². The maximum atomic E-state index is 5.68. The maximum Gasteiger partial charge on any atom is 0.143 e. The first kappa shape index (κ1) is 10.9. The van der Waals surface area contributed by atoms with Crippen LogP contribution in [0.5, 0.6) is 5.75 Å². The van der Waals surface area contributed by atoms with Gasteiger partial charge in [-0.25, -0.2) is 0 Å². The molecule has 0 heterocycles. The first-order valence-corrected chi connectivity index (χ1v) is 4.93. The van der Waals surface area contributed by atoms with Gasteiger partial charge in [0.15, 0.2) is 0 Å². The topological polar surface area (TPSA) is 47.3 Å². The molecule has 76 valence electrons. The number of halogens is 1. The summed E-state index contributed by atoms with van der Waals surface area (Å²) in [4.78, 5) is 0. The predicted molar refractivity (Wildman–Crippen MR) is 64.0 cm³/mol. The number of nitrogens with two attached hydrogens (primary N) is 1. The summed E-state index contributed by atoms with van der Waals surface area (Å²) in [5.41, 5.74) is 7.27. The first-order chi connectivity index (χ1) is 6.63. The Morgan fingerprint density at radius 3 is 2.93 bits per heavy atom. The van der Waals surface area contributed by atoms with E-state index in [-0.39, 0.29) is 0 Å². The molecule has 14 heavy (non-hydrogen) atoms. The van der Waals surface area contributed by atoms with Gasteiger partial charge in [0.05, 0.1) is 12.8 Å². The molecule has 0 saturated carbocycles. The Morgan fingerprint density at radius 1 is 1.64 bits per heavy atom. The van der Waals surface area contributed by atoms with E-state index in [0.717, 1.165) is 10.2 Å². The minimum atomic E-state index is 0.635. The summed E-state index contributed by atoms with van der Waals surface area (Å²) in [6, 6.07) is 5.55. The van der Waals surface area contributed by atoms with E-state index in [1.165, 1.54) is 0 Å². The minimum Gasteiger partial charge on any atom is -0.495 e. The van der Waals surface area contributed by atoms with Crippen molar-refractivity contribution < 1.29 is 4.74 Å². The van der Waals surface area contributed by atoms with Crippen LogP contribution in [0.25, 0.3) is 0 Å². The molecule has 0 aliphatic heterocycles. The molecule has 0 aliphatic carbocycles.